The van der Waals surface area contributed by atoms with Crippen molar-refractivity contribution in [2.45, 2.75) is 74.0 Å². The number of aliphatic hydroxyl groups excluding tert-OH is 1. The largest absolute Gasteiger partial charge is 0.392 e. The summed E-state index contributed by atoms with van der Waals surface area (Å²) in [4.78, 5) is 0.363. The first-order valence-corrected chi connectivity index (χ1v) is 9.41. The molecule has 1 spiro atoms. The van der Waals surface area contributed by atoms with E-state index in [4.69, 9.17) is 11.6 Å². The summed E-state index contributed by atoms with van der Waals surface area (Å²) in [6.07, 6.45) is 3.92. The molecule has 0 aromatic carbocycles. The smallest absolute Gasteiger partial charge is 0.0673 e. The van der Waals surface area contributed by atoms with Crippen molar-refractivity contribution in [3.63, 3.8) is 0 Å². The molecule has 4 heteroatoms. The van der Waals surface area contributed by atoms with Crippen LogP contribution in [0, 0.1) is 16.7 Å². The van der Waals surface area contributed by atoms with Crippen molar-refractivity contribution in [2.24, 2.45) is 16.7 Å². The topological polar surface area (TPSA) is 20.2 Å². The van der Waals surface area contributed by atoms with E-state index in [-0.39, 0.29) is 26.6 Å². The Hall–Kier alpha value is 1.21. The summed E-state index contributed by atoms with van der Waals surface area (Å²) in [7, 11) is 0. The van der Waals surface area contributed by atoms with E-state index in [9.17, 15) is 5.11 Å². The van der Waals surface area contributed by atoms with E-state index < -0.39 is 0 Å². The number of rotatable bonds is 0. The Morgan fingerprint density at radius 1 is 1.16 bits per heavy atom. The average Bonchev–Trinajstić information content (AvgIpc) is 2.29. The molecule has 2 rings (SSSR count). The Kier molecular flexibility index (Phi) is 4.48. The first-order valence-electron chi connectivity index (χ1n) is 7.20. The molecule has 0 amide bonds. The van der Waals surface area contributed by atoms with Crippen molar-refractivity contribution < 1.29 is 5.11 Å². The Morgan fingerprint density at radius 3 is 2.26 bits per heavy atom. The van der Waals surface area contributed by atoms with Gasteiger partial charge in [0.05, 0.1) is 11.0 Å². The number of alkyl halides is 3. The third kappa shape index (κ3) is 2.45. The predicted molar refractivity (Wildman–Crippen MR) is 89.5 cm³/mol. The van der Waals surface area contributed by atoms with Gasteiger partial charge in [0.2, 0.25) is 0 Å². The van der Waals surface area contributed by atoms with Gasteiger partial charge in [-0.15, -0.1) is 11.6 Å². The molecule has 2 fully saturated rings. The standard InChI is InChI=1S/C15H25Br2ClO/c1-9-7-10(19)12(17)13(2,3)15(9)6-5-14(4,18)11(16)8-15/h9-12,19H,5-8H2,1-4H3/t9-,10+,11-,12+,14-,15-/m0/s1. The van der Waals surface area contributed by atoms with E-state index in [0.29, 0.717) is 10.7 Å². The second kappa shape index (κ2) is 5.14. The van der Waals surface area contributed by atoms with E-state index in [1.165, 1.54) is 0 Å². The summed E-state index contributed by atoms with van der Waals surface area (Å²) in [6.45, 7) is 9.06. The molecule has 0 bridgehead atoms. The highest BCUT2D eigenvalue weighted by atomic mass is 79.9. The monoisotopic (exact) mass is 414 g/mol. The Morgan fingerprint density at radius 2 is 1.74 bits per heavy atom. The summed E-state index contributed by atoms with van der Waals surface area (Å²) < 4.78 is 0. The van der Waals surface area contributed by atoms with E-state index >= 15 is 0 Å². The normalized spacial score (nSPS) is 54.3. The van der Waals surface area contributed by atoms with Gasteiger partial charge >= 0.3 is 0 Å². The quantitative estimate of drug-likeness (QED) is 0.544. The molecule has 0 heterocycles. The summed E-state index contributed by atoms with van der Waals surface area (Å²) in [5, 5.41) is 10.3. The molecule has 0 aromatic heterocycles. The molecule has 6 atom stereocenters. The van der Waals surface area contributed by atoms with Gasteiger partial charge in [-0.1, -0.05) is 52.6 Å². The first-order chi connectivity index (χ1) is 8.54. The van der Waals surface area contributed by atoms with E-state index in [2.05, 4.69) is 59.6 Å². The number of halogens is 3. The second-order valence-corrected chi connectivity index (χ2v) is 10.4. The number of hydrogen-bond donors (Lipinski definition) is 1. The summed E-state index contributed by atoms with van der Waals surface area (Å²) in [5.41, 5.74) is 0.326. The molecule has 1 N–H and O–H groups in total. The van der Waals surface area contributed by atoms with E-state index in [1.54, 1.807) is 0 Å². The van der Waals surface area contributed by atoms with Crippen molar-refractivity contribution in [2.75, 3.05) is 0 Å². The van der Waals surface area contributed by atoms with Gasteiger partial charge in [0.25, 0.3) is 0 Å². The lowest BCUT2D eigenvalue weighted by atomic mass is 9.47. The number of hydrogen-bond acceptors (Lipinski definition) is 1. The van der Waals surface area contributed by atoms with Crippen molar-refractivity contribution in [1.82, 2.24) is 0 Å². The van der Waals surface area contributed by atoms with Gasteiger partial charge in [-0.3, -0.25) is 0 Å². The van der Waals surface area contributed by atoms with E-state index in [1.807, 2.05) is 0 Å². The molecule has 0 unspecified atom stereocenters. The molecule has 2 aliphatic rings. The van der Waals surface area contributed by atoms with E-state index in [0.717, 1.165) is 25.7 Å². The SMILES string of the molecule is C[C@H]1C[C@@H](O)[C@@H](Br)C(C)(C)[C@]12CC[C@](C)(Cl)[C@@H](Br)C2. The van der Waals surface area contributed by atoms with Crippen molar-refractivity contribution in [3.05, 3.63) is 0 Å². The molecule has 1 nitrogen and oxygen atoms in total. The maximum absolute atomic E-state index is 10.3. The Balaban J connectivity index is 2.36. The molecule has 0 aliphatic heterocycles. The van der Waals surface area contributed by atoms with Crippen LogP contribution in [-0.2, 0) is 0 Å². The number of aliphatic hydroxyl groups is 1. The molecule has 2 aliphatic carbocycles. The molecule has 2 saturated carbocycles. The summed E-state index contributed by atoms with van der Waals surface area (Å²) >= 11 is 14.2. The summed E-state index contributed by atoms with van der Waals surface area (Å²) in [6, 6.07) is 0. The van der Waals surface area contributed by atoms with Gasteiger partial charge < -0.3 is 5.11 Å². The third-order valence-corrected chi connectivity index (χ3v) is 9.91. The maximum Gasteiger partial charge on any atom is 0.0673 e. The highest BCUT2D eigenvalue weighted by Gasteiger charge is 2.60. The minimum Gasteiger partial charge on any atom is -0.392 e. The Bertz CT molecular complexity index is 358. The molecular weight excluding hydrogens is 391 g/mol. The van der Waals surface area contributed by atoms with Gasteiger partial charge in [-0.2, -0.15) is 0 Å². The van der Waals surface area contributed by atoms with Gasteiger partial charge in [0.1, 0.15) is 0 Å². The third-order valence-electron chi connectivity index (χ3n) is 6.11. The zero-order valence-electron chi connectivity index (χ0n) is 12.2. The minimum absolute atomic E-state index is 0.0729. The van der Waals surface area contributed by atoms with Gasteiger partial charge in [0, 0.05) is 9.65 Å². The zero-order chi connectivity index (χ0) is 14.6. The maximum atomic E-state index is 10.3. The fraction of sp³-hybridized carbons (Fsp3) is 1.00. The zero-order valence-corrected chi connectivity index (χ0v) is 16.1. The lowest BCUT2D eigenvalue weighted by Crippen LogP contribution is -2.60. The lowest BCUT2D eigenvalue weighted by Gasteiger charge is -2.62. The van der Waals surface area contributed by atoms with Crippen molar-refractivity contribution >= 4 is 43.5 Å². The minimum atomic E-state index is -0.242. The fourth-order valence-electron chi connectivity index (χ4n) is 4.39. The fourth-order valence-corrected chi connectivity index (χ4v) is 6.04. The van der Waals surface area contributed by atoms with Crippen molar-refractivity contribution in [3.8, 4) is 0 Å². The van der Waals surface area contributed by atoms with Crippen LogP contribution in [0.5, 0.6) is 0 Å². The van der Waals surface area contributed by atoms with Crippen LogP contribution in [0.3, 0.4) is 0 Å². The van der Waals surface area contributed by atoms with Gasteiger partial charge in [0.15, 0.2) is 0 Å². The second-order valence-electron chi connectivity index (χ2n) is 7.43. The predicted octanol–water partition coefficient (Wildman–Crippen LogP) is 5.11. The van der Waals surface area contributed by atoms with Crippen LogP contribution >= 0.6 is 43.5 Å². The molecule has 112 valence electrons. The first kappa shape index (κ1) is 16.6. The van der Waals surface area contributed by atoms with Crippen LogP contribution in [-0.4, -0.2) is 25.7 Å². The summed E-state index contributed by atoms with van der Waals surface area (Å²) in [5.74, 6) is 0.527. The van der Waals surface area contributed by atoms with Crippen LogP contribution in [0.15, 0.2) is 0 Å². The van der Waals surface area contributed by atoms with Crippen LogP contribution in [0.1, 0.15) is 53.4 Å². The van der Waals surface area contributed by atoms with Crippen LogP contribution in [0.4, 0.5) is 0 Å². The van der Waals surface area contributed by atoms with Gasteiger partial charge in [-0.25, -0.2) is 0 Å². The lowest BCUT2D eigenvalue weighted by molar-refractivity contribution is -0.101. The van der Waals surface area contributed by atoms with Crippen molar-refractivity contribution in [1.29, 1.82) is 0 Å². The highest BCUT2D eigenvalue weighted by molar-refractivity contribution is 9.09. The highest BCUT2D eigenvalue weighted by Crippen LogP contribution is 2.64. The molecule has 0 radical (unpaired) electrons. The molecule has 0 aromatic rings. The van der Waals surface area contributed by atoms with Gasteiger partial charge in [-0.05, 0) is 49.4 Å². The molecule has 19 heavy (non-hydrogen) atoms. The van der Waals surface area contributed by atoms with Crippen LogP contribution < -0.4 is 0 Å². The molecular formula is C15H25Br2ClO. The Labute approximate surface area is 139 Å². The van der Waals surface area contributed by atoms with Crippen LogP contribution in [0.2, 0.25) is 0 Å². The average molecular weight is 417 g/mol. The molecule has 0 saturated heterocycles. The van der Waals surface area contributed by atoms with Crippen LogP contribution in [0.25, 0.3) is 0 Å².